The van der Waals surface area contributed by atoms with Gasteiger partial charge in [0, 0.05) is 0 Å². The molecule has 0 bridgehead atoms. The van der Waals surface area contributed by atoms with E-state index in [1.165, 1.54) is 0 Å². The molecule has 0 aromatic carbocycles. The molecule has 2 unspecified atom stereocenters. The number of aliphatic hydroxyl groups excluding tert-OH is 1. The van der Waals surface area contributed by atoms with Gasteiger partial charge in [0.15, 0.2) is 0 Å². The Labute approximate surface area is 98.6 Å². The van der Waals surface area contributed by atoms with Crippen molar-refractivity contribution in [1.82, 2.24) is 5.32 Å². The Hall–Kier alpha value is -0.610. The summed E-state index contributed by atoms with van der Waals surface area (Å²) in [5.74, 6) is 0.505. The number of rotatable bonds is 7. The van der Waals surface area contributed by atoms with Crippen molar-refractivity contribution in [2.24, 2.45) is 17.6 Å². The summed E-state index contributed by atoms with van der Waals surface area (Å²) in [6.45, 7) is 8.08. The van der Waals surface area contributed by atoms with Crippen LogP contribution in [0.1, 0.15) is 40.5 Å². The maximum absolute atomic E-state index is 11.7. The van der Waals surface area contributed by atoms with E-state index in [0.717, 1.165) is 6.42 Å². The van der Waals surface area contributed by atoms with Gasteiger partial charge in [-0.15, -0.1) is 0 Å². The first-order valence-corrected chi connectivity index (χ1v) is 6.09. The molecule has 0 aromatic rings. The third-order valence-corrected chi connectivity index (χ3v) is 2.92. The minimum absolute atomic E-state index is 0.0326. The van der Waals surface area contributed by atoms with E-state index in [2.05, 4.69) is 5.32 Å². The molecule has 4 N–H and O–H groups in total. The molecule has 0 saturated heterocycles. The van der Waals surface area contributed by atoms with Crippen molar-refractivity contribution in [2.75, 3.05) is 6.61 Å². The van der Waals surface area contributed by atoms with Crippen molar-refractivity contribution >= 4 is 5.91 Å². The van der Waals surface area contributed by atoms with Crippen LogP contribution in [0.5, 0.6) is 0 Å². The fourth-order valence-electron chi connectivity index (χ4n) is 1.56. The van der Waals surface area contributed by atoms with E-state index in [9.17, 15) is 9.90 Å². The summed E-state index contributed by atoms with van der Waals surface area (Å²) in [5, 5.41) is 12.0. The van der Waals surface area contributed by atoms with E-state index >= 15 is 0 Å². The molecule has 1 amide bonds. The summed E-state index contributed by atoms with van der Waals surface area (Å²) in [7, 11) is 0. The Balaban J connectivity index is 4.19. The van der Waals surface area contributed by atoms with E-state index in [1.54, 1.807) is 0 Å². The monoisotopic (exact) mass is 230 g/mol. The summed E-state index contributed by atoms with van der Waals surface area (Å²) in [6.07, 6.45) is 1.59. The van der Waals surface area contributed by atoms with Gasteiger partial charge in [-0.1, -0.05) is 34.1 Å². The van der Waals surface area contributed by atoms with E-state index in [0.29, 0.717) is 12.3 Å². The molecular formula is C12H26N2O2. The second-order valence-corrected chi connectivity index (χ2v) is 4.92. The first-order chi connectivity index (χ1) is 7.42. The maximum atomic E-state index is 11.7. The van der Waals surface area contributed by atoms with E-state index in [4.69, 9.17) is 5.73 Å². The highest BCUT2D eigenvalue weighted by atomic mass is 16.3. The normalized spacial score (nSPS) is 16.9. The first-order valence-electron chi connectivity index (χ1n) is 6.09. The summed E-state index contributed by atoms with van der Waals surface area (Å²) in [4.78, 5) is 11.7. The van der Waals surface area contributed by atoms with Crippen molar-refractivity contribution in [3.8, 4) is 0 Å². The van der Waals surface area contributed by atoms with Crippen LogP contribution in [-0.2, 0) is 4.79 Å². The average molecular weight is 230 g/mol. The Morgan fingerprint density at radius 2 is 1.94 bits per heavy atom. The maximum Gasteiger partial charge on any atom is 0.237 e. The minimum atomic E-state index is -0.474. The molecule has 0 fully saturated rings. The number of carbonyl (C=O) groups excluding carboxylic acids is 1. The molecule has 0 rings (SSSR count). The zero-order valence-corrected chi connectivity index (χ0v) is 10.9. The van der Waals surface area contributed by atoms with Gasteiger partial charge < -0.3 is 16.2 Å². The average Bonchev–Trinajstić information content (AvgIpc) is 2.23. The lowest BCUT2D eigenvalue weighted by Gasteiger charge is -2.24. The summed E-state index contributed by atoms with van der Waals surface area (Å²) >= 11 is 0. The zero-order valence-electron chi connectivity index (χ0n) is 10.9. The van der Waals surface area contributed by atoms with Gasteiger partial charge >= 0.3 is 0 Å². The fourth-order valence-corrected chi connectivity index (χ4v) is 1.56. The van der Waals surface area contributed by atoms with Crippen LogP contribution in [0.2, 0.25) is 0 Å². The van der Waals surface area contributed by atoms with Gasteiger partial charge in [-0.25, -0.2) is 0 Å². The molecule has 0 spiro atoms. The molecular weight excluding hydrogens is 204 g/mol. The fraction of sp³-hybridized carbons (Fsp3) is 0.917. The van der Waals surface area contributed by atoms with Crippen molar-refractivity contribution < 1.29 is 9.90 Å². The Kier molecular flexibility index (Phi) is 7.34. The van der Waals surface area contributed by atoms with Gasteiger partial charge in [-0.3, -0.25) is 4.79 Å². The van der Waals surface area contributed by atoms with E-state index in [-0.39, 0.29) is 24.5 Å². The Bertz CT molecular complexity index is 207. The molecule has 0 heterocycles. The quantitative estimate of drug-likeness (QED) is 0.608. The van der Waals surface area contributed by atoms with Crippen LogP contribution in [0.15, 0.2) is 0 Å². The highest BCUT2D eigenvalue weighted by molar-refractivity contribution is 5.81. The van der Waals surface area contributed by atoms with Gasteiger partial charge in [-0.05, 0) is 18.3 Å². The van der Waals surface area contributed by atoms with E-state index in [1.807, 2.05) is 27.7 Å². The van der Waals surface area contributed by atoms with Gasteiger partial charge in [0.05, 0.1) is 18.7 Å². The molecule has 96 valence electrons. The summed E-state index contributed by atoms with van der Waals surface area (Å²) in [6, 6.07) is -0.659. The Morgan fingerprint density at radius 3 is 2.31 bits per heavy atom. The van der Waals surface area contributed by atoms with Crippen LogP contribution < -0.4 is 11.1 Å². The van der Waals surface area contributed by atoms with Crippen LogP contribution in [-0.4, -0.2) is 29.7 Å². The van der Waals surface area contributed by atoms with Crippen LogP contribution in [0.3, 0.4) is 0 Å². The standard InChI is InChI=1S/C12H26N2O2/c1-5-9(4)11(7-15)14-12(16)10(13)6-8(2)3/h8-11,15H,5-7,13H2,1-4H3,(H,14,16)/t9?,10-,11?/m0/s1. The predicted molar refractivity (Wildman–Crippen MR) is 65.9 cm³/mol. The topological polar surface area (TPSA) is 75.3 Å². The van der Waals surface area contributed by atoms with Gasteiger partial charge in [-0.2, -0.15) is 0 Å². The molecule has 0 aliphatic heterocycles. The van der Waals surface area contributed by atoms with Crippen LogP contribution >= 0.6 is 0 Å². The predicted octanol–water partition coefficient (Wildman–Crippen LogP) is 0.883. The number of hydrogen-bond acceptors (Lipinski definition) is 3. The number of amides is 1. The smallest absolute Gasteiger partial charge is 0.237 e. The van der Waals surface area contributed by atoms with Crippen molar-refractivity contribution in [1.29, 1.82) is 0 Å². The zero-order chi connectivity index (χ0) is 12.7. The van der Waals surface area contributed by atoms with Crippen molar-refractivity contribution in [2.45, 2.75) is 52.6 Å². The molecule has 0 aliphatic carbocycles. The SMILES string of the molecule is CCC(C)C(CO)NC(=O)[C@@H](N)CC(C)C. The number of nitrogens with one attached hydrogen (secondary N) is 1. The lowest BCUT2D eigenvalue weighted by atomic mass is 9.98. The van der Waals surface area contributed by atoms with Crippen LogP contribution in [0.25, 0.3) is 0 Å². The van der Waals surface area contributed by atoms with Gasteiger partial charge in [0.1, 0.15) is 0 Å². The molecule has 0 aliphatic rings. The summed E-state index contributed by atoms with van der Waals surface area (Å²) < 4.78 is 0. The molecule has 4 heteroatoms. The molecule has 0 saturated carbocycles. The molecule has 16 heavy (non-hydrogen) atoms. The van der Waals surface area contributed by atoms with E-state index < -0.39 is 6.04 Å². The van der Waals surface area contributed by atoms with Crippen molar-refractivity contribution in [3.05, 3.63) is 0 Å². The lowest BCUT2D eigenvalue weighted by Crippen LogP contribution is -2.49. The van der Waals surface area contributed by atoms with Crippen molar-refractivity contribution in [3.63, 3.8) is 0 Å². The third-order valence-electron chi connectivity index (χ3n) is 2.92. The molecule has 0 radical (unpaired) electrons. The highest BCUT2D eigenvalue weighted by Crippen LogP contribution is 2.08. The van der Waals surface area contributed by atoms with Crippen LogP contribution in [0.4, 0.5) is 0 Å². The largest absolute Gasteiger partial charge is 0.394 e. The third kappa shape index (κ3) is 5.47. The van der Waals surface area contributed by atoms with Gasteiger partial charge in [0.25, 0.3) is 0 Å². The number of nitrogens with two attached hydrogens (primary N) is 1. The Morgan fingerprint density at radius 1 is 1.38 bits per heavy atom. The minimum Gasteiger partial charge on any atom is -0.394 e. The summed E-state index contributed by atoms with van der Waals surface area (Å²) in [5.41, 5.74) is 5.77. The van der Waals surface area contributed by atoms with Crippen LogP contribution in [0, 0.1) is 11.8 Å². The molecule has 4 nitrogen and oxygen atoms in total. The number of hydrogen-bond donors (Lipinski definition) is 3. The molecule has 0 aromatic heterocycles. The number of aliphatic hydroxyl groups is 1. The van der Waals surface area contributed by atoms with Gasteiger partial charge in [0.2, 0.25) is 5.91 Å². The second-order valence-electron chi connectivity index (χ2n) is 4.92. The lowest BCUT2D eigenvalue weighted by molar-refractivity contribution is -0.124. The second kappa shape index (κ2) is 7.63. The number of carbonyl (C=O) groups is 1. The molecule has 3 atom stereocenters. The highest BCUT2D eigenvalue weighted by Gasteiger charge is 2.21. The first kappa shape index (κ1) is 15.4.